The molecule has 2 atom stereocenters. The molecule has 1 heterocycles. The van der Waals surface area contributed by atoms with E-state index < -0.39 is 17.4 Å². The molecule has 0 saturated carbocycles. The number of aliphatic hydroxyl groups is 2. The van der Waals surface area contributed by atoms with Crippen LogP contribution < -0.4 is 10.2 Å². The molecule has 1 aliphatic heterocycles. The second-order valence-electron chi connectivity index (χ2n) is 11.1. The van der Waals surface area contributed by atoms with E-state index in [1.165, 1.54) is 0 Å². The number of hydrogen-bond acceptors (Lipinski definition) is 5. The summed E-state index contributed by atoms with van der Waals surface area (Å²) >= 11 is 0. The highest BCUT2D eigenvalue weighted by Gasteiger charge is 2.52. The van der Waals surface area contributed by atoms with Gasteiger partial charge < -0.3 is 25.3 Å². The fourth-order valence-corrected chi connectivity index (χ4v) is 5.60. The molecule has 0 bridgehead atoms. The molecule has 0 unspecified atom stereocenters. The maximum atomic E-state index is 14.0. The lowest BCUT2D eigenvalue weighted by Crippen LogP contribution is -2.44. The van der Waals surface area contributed by atoms with Gasteiger partial charge in [0.1, 0.15) is 0 Å². The van der Waals surface area contributed by atoms with E-state index in [4.69, 9.17) is 0 Å². The molecule has 4 aromatic carbocycles. The highest BCUT2D eigenvalue weighted by atomic mass is 16.3. The van der Waals surface area contributed by atoms with Gasteiger partial charge in [0.2, 0.25) is 5.91 Å². The third-order valence-corrected chi connectivity index (χ3v) is 8.06. The van der Waals surface area contributed by atoms with Crippen molar-refractivity contribution in [2.75, 3.05) is 23.4 Å². The van der Waals surface area contributed by atoms with Crippen LogP contribution in [0, 0.1) is 5.92 Å². The van der Waals surface area contributed by atoms with Crippen LogP contribution in [0.4, 0.5) is 11.4 Å². The molecule has 1 aliphatic rings. The molecule has 0 aromatic heterocycles. The van der Waals surface area contributed by atoms with Crippen molar-refractivity contribution < 1.29 is 24.6 Å². The number of aliphatic hydroxyl groups excluding tert-OH is 1. The van der Waals surface area contributed by atoms with Crippen molar-refractivity contribution in [3.05, 3.63) is 144 Å². The van der Waals surface area contributed by atoms with E-state index in [9.17, 15) is 24.6 Å². The molecule has 5 rings (SSSR count). The summed E-state index contributed by atoms with van der Waals surface area (Å²) in [5.41, 5.74) is 1.78. The first kappa shape index (κ1) is 31.4. The van der Waals surface area contributed by atoms with Crippen LogP contribution in [-0.4, -0.2) is 46.0 Å². The van der Waals surface area contributed by atoms with Gasteiger partial charge >= 0.3 is 0 Å². The highest BCUT2D eigenvalue weighted by Crippen LogP contribution is 2.47. The van der Waals surface area contributed by atoms with Gasteiger partial charge in [-0.1, -0.05) is 97.9 Å². The molecule has 8 nitrogen and oxygen atoms in total. The van der Waals surface area contributed by atoms with E-state index in [0.29, 0.717) is 29.0 Å². The first-order chi connectivity index (χ1) is 21.8. The zero-order chi connectivity index (χ0) is 31.8. The van der Waals surface area contributed by atoms with Crippen molar-refractivity contribution in [3.8, 4) is 0 Å². The summed E-state index contributed by atoms with van der Waals surface area (Å²) in [7, 11) is 0. The van der Waals surface area contributed by atoms with Gasteiger partial charge in [-0.3, -0.25) is 14.4 Å². The molecule has 4 aromatic rings. The fourth-order valence-electron chi connectivity index (χ4n) is 5.60. The number of fused-ring (bicyclic) bond motifs is 1. The Morgan fingerprint density at radius 1 is 0.911 bits per heavy atom. The zero-order valence-electron chi connectivity index (χ0n) is 25.2. The van der Waals surface area contributed by atoms with Crippen molar-refractivity contribution in [2.24, 2.45) is 5.92 Å². The monoisotopic (exact) mass is 603 g/mol. The van der Waals surface area contributed by atoms with Crippen molar-refractivity contribution in [3.63, 3.8) is 0 Å². The minimum atomic E-state index is -1.94. The standard InChI is InChI=1S/C37H37N3O5/c1-27(12-11-19-34(42)39(22-23-41)25-28-13-5-2-6-14-28)37(45)32-24-31(38-35(43)30-17-9-4-10-18-30)20-21-33(32)40(36(37)44)26-29-15-7-3-8-16-29/h2-18,20-21,24,27,41,45H,19,22-23,25-26H2,1H3,(H,38,43)/b12-11+/t27-,37+/m0/s1. The molecule has 3 amide bonds. The van der Waals surface area contributed by atoms with E-state index in [1.54, 1.807) is 71.3 Å². The Labute approximate surface area is 263 Å². The number of hydrogen-bond donors (Lipinski definition) is 3. The predicted octanol–water partition coefficient (Wildman–Crippen LogP) is 5.28. The minimum absolute atomic E-state index is 0.0369. The van der Waals surface area contributed by atoms with Crippen LogP contribution in [0.3, 0.4) is 0 Å². The third kappa shape index (κ3) is 7.03. The van der Waals surface area contributed by atoms with Crippen molar-refractivity contribution >= 4 is 29.1 Å². The lowest BCUT2D eigenvalue weighted by Gasteiger charge is -2.28. The molecule has 0 aliphatic carbocycles. The van der Waals surface area contributed by atoms with Crippen LogP contribution in [0.5, 0.6) is 0 Å². The minimum Gasteiger partial charge on any atom is -0.395 e. The maximum Gasteiger partial charge on any atom is 0.264 e. The maximum absolute atomic E-state index is 14.0. The smallest absolute Gasteiger partial charge is 0.264 e. The predicted molar refractivity (Wildman–Crippen MR) is 174 cm³/mol. The number of amides is 3. The average molecular weight is 604 g/mol. The van der Waals surface area contributed by atoms with E-state index in [2.05, 4.69) is 5.32 Å². The van der Waals surface area contributed by atoms with Crippen LogP contribution in [0.15, 0.2) is 121 Å². The molecular formula is C37H37N3O5. The fraction of sp³-hybridized carbons (Fsp3) is 0.216. The SMILES string of the molecule is C[C@@H](/C=C/CC(=O)N(CCO)Cc1ccccc1)[C@]1(O)C(=O)N(Cc2ccccc2)c2ccc(NC(=O)c3ccccc3)cc21. The van der Waals surface area contributed by atoms with Gasteiger partial charge in [0, 0.05) is 42.2 Å². The van der Waals surface area contributed by atoms with Gasteiger partial charge in [-0.15, -0.1) is 0 Å². The van der Waals surface area contributed by atoms with E-state index in [0.717, 1.165) is 11.1 Å². The Bertz CT molecular complexity index is 1660. The first-order valence-electron chi connectivity index (χ1n) is 15.0. The van der Waals surface area contributed by atoms with E-state index in [1.807, 2.05) is 66.7 Å². The molecule has 8 heteroatoms. The lowest BCUT2D eigenvalue weighted by molar-refractivity contribution is -0.139. The molecule has 0 fully saturated rings. The van der Waals surface area contributed by atoms with Gasteiger partial charge in [-0.25, -0.2) is 0 Å². The van der Waals surface area contributed by atoms with Gasteiger partial charge in [-0.2, -0.15) is 0 Å². The lowest BCUT2D eigenvalue weighted by atomic mass is 9.82. The summed E-state index contributed by atoms with van der Waals surface area (Å²) in [6, 6.07) is 33.0. The normalized spacial score (nSPS) is 16.4. The van der Waals surface area contributed by atoms with Crippen molar-refractivity contribution in [2.45, 2.75) is 32.0 Å². The second kappa shape index (κ2) is 14.2. The van der Waals surface area contributed by atoms with Gasteiger partial charge in [0.05, 0.1) is 18.8 Å². The number of carbonyl (C=O) groups excluding carboxylic acids is 3. The Morgan fingerprint density at radius 2 is 1.53 bits per heavy atom. The molecule has 0 spiro atoms. The van der Waals surface area contributed by atoms with Crippen molar-refractivity contribution in [1.29, 1.82) is 0 Å². The van der Waals surface area contributed by atoms with Crippen LogP contribution in [0.25, 0.3) is 0 Å². The molecule has 45 heavy (non-hydrogen) atoms. The molecule has 230 valence electrons. The summed E-state index contributed by atoms with van der Waals surface area (Å²) in [6.07, 6.45) is 3.38. The Balaban J connectivity index is 1.39. The van der Waals surface area contributed by atoms with Gasteiger partial charge in [0.15, 0.2) is 5.60 Å². The van der Waals surface area contributed by atoms with Crippen LogP contribution in [-0.2, 0) is 28.3 Å². The number of anilines is 2. The molecule has 0 saturated heterocycles. The Kier molecular flexibility index (Phi) is 9.87. The summed E-state index contributed by atoms with van der Waals surface area (Å²) in [5.74, 6) is -1.68. The number of nitrogens with one attached hydrogen (secondary N) is 1. The number of nitrogens with zero attached hydrogens (tertiary/aromatic N) is 2. The van der Waals surface area contributed by atoms with E-state index in [-0.39, 0.29) is 37.9 Å². The van der Waals surface area contributed by atoms with Crippen LogP contribution in [0.1, 0.15) is 40.4 Å². The largest absolute Gasteiger partial charge is 0.395 e. The second-order valence-corrected chi connectivity index (χ2v) is 11.1. The number of carbonyl (C=O) groups is 3. The summed E-state index contributed by atoms with van der Waals surface area (Å²) in [6.45, 7) is 2.39. The third-order valence-electron chi connectivity index (χ3n) is 8.06. The Hall–Kier alpha value is -5.05. The molecule has 0 radical (unpaired) electrons. The molecular weight excluding hydrogens is 566 g/mol. The van der Waals surface area contributed by atoms with Crippen molar-refractivity contribution in [1.82, 2.24) is 4.90 Å². The average Bonchev–Trinajstić information content (AvgIpc) is 3.27. The zero-order valence-corrected chi connectivity index (χ0v) is 25.2. The van der Waals surface area contributed by atoms with Gasteiger partial charge in [0.25, 0.3) is 11.8 Å². The summed E-state index contributed by atoms with van der Waals surface area (Å²) < 4.78 is 0. The summed E-state index contributed by atoms with van der Waals surface area (Å²) in [5, 5.41) is 24.6. The Morgan fingerprint density at radius 3 is 2.18 bits per heavy atom. The van der Waals surface area contributed by atoms with Gasteiger partial charge in [-0.05, 0) is 41.5 Å². The van der Waals surface area contributed by atoms with Crippen LogP contribution >= 0.6 is 0 Å². The van der Waals surface area contributed by atoms with E-state index >= 15 is 0 Å². The number of rotatable bonds is 12. The van der Waals surface area contributed by atoms with Crippen LogP contribution in [0.2, 0.25) is 0 Å². The number of benzene rings is 4. The quantitative estimate of drug-likeness (QED) is 0.191. The first-order valence-corrected chi connectivity index (χ1v) is 15.0. The summed E-state index contributed by atoms with van der Waals surface area (Å²) in [4.78, 5) is 43.1. The highest BCUT2D eigenvalue weighted by molar-refractivity contribution is 6.09. The molecule has 3 N–H and O–H groups in total. The topological polar surface area (TPSA) is 110 Å².